The molecule has 1 aromatic carbocycles. The molecule has 9 heteroatoms. The van der Waals surface area contributed by atoms with Crippen LogP contribution < -0.4 is 9.62 Å². The number of hydrogen-bond acceptors (Lipinski definition) is 6. The fourth-order valence-electron chi connectivity index (χ4n) is 3.59. The fraction of sp³-hybridized carbons (Fsp3) is 0.381. The minimum absolute atomic E-state index is 0.130. The normalized spacial score (nSPS) is 15.8. The van der Waals surface area contributed by atoms with E-state index in [1.165, 1.54) is 11.4 Å². The van der Waals surface area contributed by atoms with Gasteiger partial charge in [-0.15, -0.1) is 0 Å². The first kappa shape index (κ1) is 20.3. The van der Waals surface area contributed by atoms with Gasteiger partial charge in [0.15, 0.2) is 0 Å². The number of Topliss-reactive ketones (excluding diaryl/α,β-unsaturated/α-hetero) is 1. The van der Waals surface area contributed by atoms with E-state index in [1.807, 2.05) is 0 Å². The van der Waals surface area contributed by atoms with Gasteiger partial charge in [-0.3, -0.25) is 18.9 Å². The molecule has 1 aliphatic heterocycles. The zero-order chi connectivity index (χ0) is 21.6. The summed E-state index contributed by atoms with van der Waals surface area (Å²) in [5.41, 5.74) is 3.23. The number of nitrogens with zero attached hydrogens (tertiary/aromatic N) is 3. The average molecular weight is 429 g/mol. The molecular formula is C21H24N4O4S. The van der Waals surface area contributed by atoms with Crippen LogP contribution in [0.15, 0.2) is 30.3 Å². The van der Waals surface area contributed by atoms with Crippen molar-refractivity contribution in [3.05, 3.63) is 47.3 Å². The van der Waals surface area contributed by atoms with Crippen molar-refractivity contribution in [2.75, 3.05) is 30.0 Å². The van der Waals surface area contributed by atoms with Gasteiger partial charge >= 0.3 is 0 Å². The highest BCUT2D eigenvalue weighted by Crippen LogP contribution is 2.35. The number of sulfonamides is 1. The Balaban J connectivity index is 1.75. The van der Waals surface area contributed by atoms with Crippen LogP contribution in [0.5, 0.6) is 0 Å². The number of para-hydroxylation sites is 2. The predicted octanol–water partition coefficient (Wildman–Crippen LogP) is 2.33. The molecule has 1 aromatic heterocycles. The molecule has 0 unspecified atom stereocenters. The van der Waals surface area contributed by atoms with Crippen LogP contribution in [0, 0.1) is 5.92 Å². The van der Waals surface area contributed by atoms with Crippen LogP contribution in [-0.4, -0.2) is 50.3 Å². The Hall–Kier alpha value is -2.94. The van der Waals surface area contributed by atoms with Crippen LogP contribution in [0.3, 0.4) is 0 Å². The van der Waals surface area contributed by atoms with Crippen molar-refractivity contribution in [3.63, 3.8) is 0 Å². The molecule has 1 amide bonds. The minimum atomic E-state index is -3.47. The van der Waals surface area contributed by atoms with Crippen LogP contribution in [0.1, 0.15) is 34.6 Å². The molecule has 8 nitrogen and oxygen atoms in total. The highest BCUT2D eigenvalue weighted by atomic mass is 32.2. The van der Waals surface area contributed by atoms with Gasteiger partial charge < -0.3 is 10.2 Å². The number of hydrogen-bond donors (Lipinski definition) is 1. The highest BCUT2D eigenvalue weighted by Gasteiger charge is 2.33. The summed E-state index contributed by atoms with van der Waals surface area (Å²) < 4.78 is 25.3. The zero-order valence-electron chi connectivity index (χ0n) is 17.2. The number of anilines is 3. The van der Waals surface area contributed by atoms with Crippen molar-refractivity contribution in [1.82, 2.24) is 9.88 Å². The predicted molar refractivity (Wildman–Crippen MR) is 114 cm³/mol. The topological polar surface area (TPSA) is 99.7 Å². The standard InChI is InChI=1S/C21H24N4O4S/c1-24-12-17-20(21(24)27)16(10-14(22-17)11-19(26)13-8-9-13)23-15-6-4-5-7-18(15)25(2)30(3,28)29/h4-7,10,13H,8-9,11-12H2,1-3H3,(H,22,23). The molecule has 0 spiro atoms. The number of pyridine rings is 1. The van der Waals surface area contributed by atoms with Crippen molar-refractivity contribution in [2.45, 2.75) is 25.8 Å². The Kier molecular flexibility index (Phi) is 5.01. The molecule has 0 radical (unpaired) electrons. The summed E-state index contributed by atoms with van der Waals surface area (Å²) in [4.78, 5) is 31.2. The van der Waals surface area contributed by atoms with E-state index in [-0.39, 0.29) is 24.0 Å². The summed E-state index contributed by atoms with van der Waals surface area (Å²) in [6.07, 6.45) is 3.23. The van der Waals surface area contributed by atoms with E-state index in [4.69, 9.17) is 0 Å². The van der Waals surface area contributed by atoms with E-state index in [1.54, 1.807) is 42.3 Å². The Bertz CT molecular complexity index is 1140. The molecule has 0 atom stereocenters. The van der Waals surface area contributed by atoms with Crippen LogP contribution in [0.2, 0.25) is 0 Å². The second-order valence-corrected chi connectivity index (χ2v) is 9.95. The molecule has 4 rings (SSSR count). The number of aromatic nitrogens is 1. The first-order chi connectivity index (χ1) is 14.1. The van der Waals surface area contributed by atoms with Crippen molar-refractivity contribution < 1.29 is 18.0 Å². The zero-order valence-corrected chi connectivity index (χ0v) is 18.0. The van der Waals surface area contributed by atoms with Gasteiger partial charge in [0.05, 0.1) is 46.8 Å². The fourth-order valence-corrected chi connectivity index (χ4v) is 4.11. The number of carbonyl (C=O) groups is 2. The molecule has 0 bridgehead atoms. The lowest BCUT2D eigenvalue weighted by atomic mass is 10.1. The SMILES string of the molecule is CN1Cc2nc(CC(=O)C3CC3)cc(Nc3ccccc3N(C)S(C)(=O)=O)c2C1=O. The molecule has 0 saturated heterocycles. The number of nitrogens with one attached hydrogen (secondary N) is 1. The molecular weight excluding hydrogens is 404 g/mol. The van der Waals surface area contributed by atoms with E-state index in [2.05, 4.69) is 10.3 Å². The van der Waals surface area contributed by atoms with E-state index in [0.29, 0.717) is 40.6 Å². The second kappa shape index (κ2) is 7.39. The third-order valence-corrected chi connectivity index (χ3v) is 6.68. The van der Waals surface area contributed by atoms with Crippen molar-refractivity contribution in [3.8, 4) is 0 Å². The molecule has 2 aromatic rings. The third-order valence-electron chi connectivity index (χ3n) is 5.49. The van der Waals surface area contributed by atoms with Gasteiger partial charge in [-0.1, -0.05) is 12.1 Å². The molecule has 2 aliphatic rings. The quantitative estimate of drug-likeness (QED) is 0.727. The lowest BCUT2D eigenvalue weighted by Crippen LogP contribution is -2.25. The summed E-state index contributed by atoms with van der Waals surface area (Å²) in [6.45, 7) is 0.374. The van der Waals surface area contributed by atoms with Gasteiger partial charge in [-0.05, 0) is 31.0 Å². The molecule has 2 heterocycles. The molecule has 1 fully saturated rings. The Morgan fingerprint density at radius 3 is 2.63 bits per heavy atom. The number of fused-ring (bicyclic) bond motifs is 1. The number of rotatable bonds is 7. The van der Waals surface area contributed by atoms with E-state index in [0.717, 1.165) is 19.1 Å². The lowest BCUT2D eigenvalue weighted by Gasteiger charge is -2.21. The minimum Gasteiger partial charge on any atom is -0.353 e. The van der Waals surface area contributed by atoms with Crippen LogP contribution >= 0.6 is 0 Å². The maximum Gasteiger partial charge on any atom is 0.257 e. The van der Waals surface area contributed by atoms with Gasteiger partial charge in [-0.25, -0.2) is 8.42 Å². The van der Waals surface area contributed by atoms with Gasteiger partial charge in [-0.2, -0.15) is 0 Å². The average Bonchev–Trinajstić information content (AvgIpc) is 3.48. The monoisotopic (exact) mass is 428 g/mol. The summed E-state index contributed by atoms with van der Waals surface area (Å²) in [7, 11) is -0.287. The molecule has 1 aliphatic carbocycles. The highest BCUT2D eigenvalue weighted by molar-refractivity contribution is 7.92. The smallest absolute Gasteiger partial charge is 0.257 e. The number of ketones is 1. The largest absolute Gasteiger partial charge is 0.353 e. The summed E-state index contributed by atoms with van der Waals surface area (Å²) >= 11 is 0. The maximum absolute atomic E-state index is 12.7. The van der Waals surface area contributed by atoms with Crippen LogP contribution in [-0.2, 0) is 27.8 Å². The molecule has 1 N–H and O–H groups in total. The number of benzene rings is 1. The van der Waals surface area contributed by atoms with Crippen LogP contribution in [0.25, 0.3) is 0 Å². The van der Waals surface area contributed by atoms with Crippen molar-refractivity contribution in [1.29, 1.82) is 0 Å². The van der Waals surface area contributed by atoms with E-state index < -0.39 is 10.0 Å². The summed E-state index contributed by atoms with van der Waals surface area (Å²) in [6, 6.07) is 8.71. The first-order valence-corrected chi connectivity index (χ1v) is 11.6. The Labute approximate surface area is 175 Å². The van der Waals surface area contributed by atoms with Gasteiger partial charge in [0.1, 0.15) is 5.78 Å². The van der Waals surface area contributed by atoms with Crippen LogP contribution in [0.4, 0.5) is 17.1 Å². The number of amides is 1. The maximum atomic E-state index is 12.7. The summed E-state index contributed by atoms with van der Waals surface area (Å²) in [5, 5.41) is 3.23. The van der Waals surface area contributed by atoms with Gasteiger partial charge in [0, 0.05) is 26.4 Å². The molecule has 158 valence electrons. The van der Waals surface area contributed by atoms with Gasteiger partial charge in [0.2, 0.25) is 10.0 Å². The number of carbonyl (C=O) groups excluding carboxylic acids is 2. The summed E-state index contributed by atoms with van der Waals surface area (Å²) in [5.74, 6) is 0.141. The third kappa shape index (κ3) is 3.89. The molecule has 1 saturated carbocycles. The molecule has 30 heavy (non-hydrogen) atoms. The lowest BCUT2D eigenvalue weighted by molar-refractivity contribution is -0.119. The van der Waals surface area contributed by atoms with Gasteiger partial charge in [0.25, 0.3) is 5.91 Å². The van der Waals surface area contributed by atoms with E-state index >= 15 is 0 Å². The van der Waals surface area contributed by atoms with Crippen molar-refractivity contribution in [2.24, 2.45) is 5.92 Å². The van der Waals surface area contributed by atoms with Crippen molar-refractivity contribution >= 4 is 38.8 Å². The Morgan fingerprint density at radius 2 is 1.97 bits per heavy atom. The second-order valence-electron chi connectivity index (χ2n) is 7.93. The van der Waals surface area contributed by atoms with E-state index in [9.17, 15) is 18.0 Å². The Morgan fingerprint density at radius 1 is 1.27 bits per heavy atom. The first-order valence-electron chi connectivity index (χ1n) is 9.76.